The molecule has 1 unspecified atom stereocenters. The lowest BCUT2D eigenvalue weighted by atomic mass is 10.2. The molecule has 9 heteroatoms. The molecule has 0 spiro atoms. The SMILES string of the molecule is O=C(NCC(O)C(F)(F)F)c1ccc(Cl)nc1Cl. The molecule has 0 saturated heterocycles. The Bertz CT molecular complexity index is 454. The van der Waals surface area contributed by atoms with E-state index >= 15 is 0 Å². The van der Waals surface area contributed by atoms with E-state index in [1.54, 1.807) is 0 Å². The highest BCUT2D eigenvalue weighted by atomic mass is 35.5. The second-order valence-electron chi connectivity index (χ2n) is 3.24. The highest BCUT2D eigenvalue weighted by molar-refractivity contribution is 6.34. The lowest BCUT2D eigenvalue weighted by molar-refractivity contribution is -0.201. The van der Waals surface area contributed by atoms with E-state index in [0.717, 1.165) is 0 Å². The van der Waals surface area contributed by atoms with Gasteiger partial charge in [-0.1, -0.05) is 23.2 Å². The van der Waals surface area contributed by atoms with Crippen molar-refractivity contribution in [2.45, 2.75) is 12.3 Å². The van der Waals surface area contributed by atoms with Gasteiger partial charge in [0, 0.05) is 0 Å². The van der Waals surface area contributed by atoms with Crippen molar-refractivity contribution >= 4 is 29.1 Å². The molecule has 18 heavy (non-hydrogen) atoms. The highest BCUT2D eigenvalue weighted by Crippen LogP contribution is 2.20. The maximum Gasteiger partial charge on any atom is 0.416 e. The number of aliphatic hydroxyl groups excluding tert-OH is 1. The number of halogens is 5. The molecule has 1 aromatic heterocycles. The van der Waals surface area contributed by atoms with E-state index in [0.29, 0.717) is 0 Å². The number of pyridine rings is 1. The lowest BCUT2D eigenvalue weighted by Crippen LogP contribution is -2.40. The van der Waals surface area contributed by atoms with Crippen LogP contribution in [0, 0.1) is 0 Å². The molecule has 0 bridgehead atoms. The maximum absolute atomic E-state index is 12.0. The molecule has 0 radical (unpaired) electrons. The van der Waals surface area contributed by atoms with Gasteiger partial charge in [0.05, 0.1) is 12.1 Å². The number of aliphatic hydroxyl groups is 1. The third-order valence-corrected chi connectivity index (χ3v) is 2.39. The fraction of sp³-hybridized carbons (Fsp3) is 0.333. The number of rotatable bonds is 3. The fourth-order valence-corrected chi connectivity index (χ4v) is 1.41. The largest absolute Gasteiger partial charge is 0.416 e. The molecule has 0 saturated carbocycles. The minimum absolute atomic E-state index is 0.0480. The third kappa shape index (κ3) is 4.01. The summed E-state index contributed by atoms with van der Waals surface area (Å²) in [6.07, 6.45) is -7.43. The summed E-state index contributed by atoms with van der Waals surface area (Å²) in [7, 11) is 0. The minimum Gasteiger partial charge on any atom is -0.382 e. The Balaban J connectivity index is 2.66. The molecule has 1 amide bonds. The van der Waals surface area contributed by atoms with E-state index in [2.05, 4.69) is 4.98 Å². The molecule has 1 aromatic rings. The van der Waals surface area contributed by atoms with Gasteiger partial charge in [0.15, 0.2) is 6.10 Å². The molecule has 100 valence electrons. The molecule has 1 atom stereocenters. The van der Waals surface area contributed by atoms with Gasteiger partial charge in [-0.25, -0.2) is 4.98 Å². The van der Waals surface area contributed by atoms with Crippen LogP contribution in [0.15, 0.2) is 12.1 Å². The Morgan fingerprint density at radius 2 is 2.06 bits per heavy atom. The number of alkyl halides is 3. The Morgan fingerprint density at radius 1 is 1.44 bits per heavy atom. The van der Waals surface area contributed by atoms with Crippen molar-refractivity contribution in [3.05, 3.63) is 28.0 Å². The first-order valence-electron chi connectivity index (χ1n) is 4.57. The minimum atomic E-state index is -4.80. The second-order valence-corrected chi connectivity index (χ2v) is 3.99. The van der Waals surface area contributed by atoms with Crippen molar-refractivity contribution in [1.82, 2.24) is 10.3 Å². The summed E-state index contributed by atoms with van der Waals surface area (Å²) in [5.41, 5.74) is -0.129. The molecular weight excluding hydrogens is 296 g/mol. The van der Waals surface area contributed by atoms with Crippen molar-refractivity contribution in [2.24, 2.45) is 0 Å². The average Bonchev–Trinajstić information content (AvgIpc) is 2.24. The maximum atomic E-state index is 12.0. The first-order chi connectivity index (χ1) is 8.21. The zero-order valence-electron chi connectivity index (χ0n) is 8.63. The van der Waals surface area contributed by atoms with Crippen LogP contribution in [0.5, 0.6) is 0 Å². The van der Waals surface area contributed by atoms with Crippen LogP contribution in [-0.2, 0) is 0 Å². The molecule has 0 aliphatic carbocycles. The summed E-state index contributed by atoms with van der Waals surface area (Å²) in [5, 5.41) is 10.4. The van der Waals surface area contributed by atoms with Crippen LogP contribution in [0.1, 0.15) is 10.4 Å². The number of hydrogen-bond donors (Lipinski definition) is 2. The van der Waals surface area contributed by atoms with E-state index in [9.17, 15) is 18.0 Å². The first kappa shape index (κ1) is 15.0. The number of amides is 1. The number of hydrogen-bond acceptors (Lipinski definition) is 3. The molecule has 1 heterocycles. The highest BCUT2D eigenvalue weighted by Gasteiger charge is 2.38. The van der Waals surface area contributed by atoms with Crippen LogP contribution < -0.4 is 5.32 Å². The standard InChI is InChI=1S/C9H7Cl2F3N2O2/c10-6-2-1-4(7(11)16-6)8(18)15-3-5(17)9(12,13)14/h1-2,5,17H,3H2,(H,15,18). The Labute approximate surface area is 110 Å². The average molecular weight is 303 g/mol. The van der Waals surface area contributed by atoms with Crippen LogP contribution in [-0.4, -0.2) is 34.8 Å². The molecule has 1 rings (SSSR count). The van der Waals surface area contributed by atoms with Crippen LogP contribution in [0.2, 0.25) is 10.3 Å². The van der Waals surface area contributed by atoms with Gasteiger partial charge < -0.3 is 10.4 Å². The fourth-order valence-electron chi connectivity index (χ4n) is 0.982. The molecule has 0 aliphatic rings. The van der Waals surface area contributed by atoms with Crippen molar-refractivity contribution in [3.8, 4) is 0 Å². The van der Waals surface area contributed by atoms with E-state index in [4.69, 9.17) is 28.3 Å². The van der Waals surface area contributed by atoms with Crippen molar-refractivity contribution in [2.75, 3.05) is 6.54 Å². The lowest BCUT2D eigenvalue weighted by Gasteiger charge is -2.15. The number of nitrogens with one attached hydrogen (secondary N) is 1. The summed E-state index contributed by atoms with van der Waals surface area (Å²) in [4.78, 5) is 15.0. The molecule has 0 aromatic carbocycles. The molecule has 0 fully saturated rings. The number of carbonyl (C=O) groups excluding carboxylic acids is 1. The molecule has 0 aliphatic heterocycles. The smallest absolute Gasteiger partial charge is 0.382 e. The van der Waals surface area contributed by atoms with Crippen molar-refractivity contribution in [1.29, 1.82) is 0 Å². The van der Waals surface area contributed by atoms with E-state index in [-0.39, 0.29) is 15.9 Å². The van der Waals surface area contributed by atoms with E-state index in [1.165, 1.54) is 12.1 Å². The van der Waals surface area contributed by atoms with Crippen LogP contribution in [0.25, 0.3) is 0 Å². The predicted octanol–water partition coefficient (Wildman–Crippen LogP) is 2.04. The normalized spacial score (nSPS) is 13.2. The monoisotopic (exact) mass is 302 g/mol. The molecule has 4 nitrogen and oxygen atoms in total. The van der Waals surface area contributed by atoms with Crippen LogP contribution in [0.4, 0.5) is 13.2 Å². The van der Waals surface area contributed by atoms with Gasteiger partial charge in [-0.15, -0.1) is 0 Å². The molecule has 2 N–H and O–H groups in total. The summed E-state index contributed by atoms with van der Waals surface area (Å²) < 4.78 is 35.9. The first-order valence-corrected chi connectivity index (χ1v) is 5.32. The van der Waals surface area contributed by atoms with Gasteiger partial charge >= 0.3 is 6.18 Å². The van der Waals surface area contributed by atoms with Gasteiger partial charge in [-0.2, -0.15) is 13.2 Å². The quantitative estimate of drug-likeness (QED) is 0.840. The number of aromatic nitrogens is 1. The molecular formula is C9H7Cl2F3N2O2. The predicted molar refractivity (Wildman–Crippen MR) is 58.7 cm³/mol. The summed E-state index contributed by atoms with van der Waals surface area (Å²) in [6.45, 7) is -0.971. The Kier molecular flexibility index (Phi) is 4.78. The van der Waals surface area contributed by atoms with Crippen LogP contribution >= 0.6 is 23.2 Å². The number of carbonyl (C=O) groups is 1. The van der Waals surface area contributed by atoms with E-state index < -0.39 is 24.7 Å². The topological polar surface area (TPSA) is 62.2 Å². The van der Waals surface area contributed by atoms with Crippen LogP contribution in [0.3, 0.4) is 0 Å². The second kappa shape index (κ2) is 5.73. The van der Waals surface area contributed by atoms with Crippen molar-refractivity contribution < 1.29 is 23.1 Å². The zero-order valence-corrected chi connectivity index (χ0v) is 10.1. The van der Waals surface area contributed by atoms with Gasteiger partial charge in [-0.05, 0) is 12.1 Å². The summed E-state index contributed by atoms with van der Waals surface area (Å²) in [5.74, 6) is -0.882. The Morgan fingerprint density at radius 3 is 2.56 bits per heavy atom. The van der Waals surface area contributed by atoms with Crippen molar-refractivity contribution in [3.63, 3.8) is 0 Å². The van der Waals surface area contributed by atoms with E-state index in [1.807, 2.05) is 5.32 Å². The Hall–Kier alpha value is -1.05. The van der Waals surface area contributed by atoms with Gasteiger partial charge in [0.25, 0.3) is 5.91 Å². The third-order valence-electron chi connectivity index (χ3n) is 1.89. The zero-order chi connectivity index (χ0) is 13.9. The van der Waals surface area contributed by atoms with Gasteiger partial charge in [-0.3, -0.25) is 4.79 Å². The van der Waals surface area contributed by atoms with Gasteiger partial charge in [0.2, 0.25) is 0 Å². The summed E-state index contributed by atoms with van der Waals surface area (Å²) in [6, 6.07) is 2.48. The summed E-state index contributed by atoms with van der Waals surface area (Å²) >= 11 is 11.1. The number of nitrogens with zero attached hydrogens (tertiary/aromatic N) is 1. The van der Waals surface area contributed by atoms with Gasteiger partial charge in [0.1, 0.15) is 10.3 Å².